The second-order valence-electron chi connectivity index (χ2n) is 4.90. The van der Waals surface area contributed by atoms with Crippen molar-refractivity contribution in [2.75, 3.05) is 46.0 Å². The zero-order chi connectivity index (χ0) is 13.4. The van der Waals surface area contributed by atoms with Gasteiger partial charge in [0.15, 0.2) is 0 Å². The Bertz CT molecular complexity index is 236. The van der Waals surface area contributed by atoms with E-state index >= 15 is 0 Å². The Hall–Kier alpha value is -0.650. The van der Waals surface area contributed by atoms with Crippen LogP contribution in [0.2, 0.25) is 0 Å². The van der Waals surface area contributed by atoms with Crippen molar-refractivity contribution in [3.8, 4) is 0 Å². The van der Waals surface area contributed by atoms with Gasteiger partial charge in [-0.25, -0.2) is 0 Å². The SMILES string of the molecule is CCC(CC)C(=O)NCN1CCN(CCO)CC1. The smallest absolute Gasteiger partial charge is 0.224 e. The molecule has 0 radical (unpaired) electrons. The lowest BCUT2D eigenvalue weighted by Crippen LogP contribution is -2.51. The van der Waals surface area contributed by atoms with Crippen molar-refractivity contribution in [2.45, 2.75) is 26.7 Å². The Balaban J connectivity index is 2.19. The summed E-state index contributed by atoms with van der Waals surface area (Å²) in [5.74, 6) is 0.332. The predicted molar refractivity (Wildman–Crippen MR) is 72.2 cm³/mol. The van der Waals surface area contributed by atoms with Crippen molar-refractivity contribution in [3.05, 3.63) is 0 Å². The summed E-state index contributed by atoms with van der Waals surface area (Å²) in [6.45, 7) is 9.62. The van der Waals surface area contributed by atoms with Gasteiger partial charge in [-0.2, -0.15) is 0 Å². The summed E-state index contributed by atoms with van der Waals surface area (Å²) in [5.41, 5.74) is 0. The van der Waals surface area contributed by atoms with E-state index in [9.17, 15) is 4.79 Å². The summed E-state index contributed by atoms with van der Waals surface area (Å²) >= 11 is 0. The molecule has 0 unspecified atom stereocenters. The third kappa shape index (κ3) is 4.92. The highest BCUT2D eigenvalue weighted by Crippen LogP contribution is 2.07. The summed E-state index contributed by atoms with van der Waals surface area (Å²) in [4.78, 5) is 16.3. The molecule has 0 spiro atoms. The van der Waals surface area contributed by atoms with Crippen molar-refractivity contribution in [2.24, 2.45) is 5.92 Å². The molecule has 0 bridgehead atoms. The van der Waals surface area contributed by atoms with Crippen LogP contribution in [0, 0.1) is 5.92 Å². The zero-order valence-electron chi connectivity index (χ0n) is 11.7. The van der Waals surface area contributed by atoms with Gasteiger partial charge in [-0.3, -0.25) is 14.6 Å². The molecule has 1 rings (SSSR count). The van der Waals surface area contributed by atoms with Crippen LogP contribution in [0.1, 0.15) is 26.7 Å². The fraction of sp³-hybridized carbons (Fsp3) is 0.923. The molecule has 1 fully saturated rings. The number of hydrogen-bond acceptors (Lipinski definition) is 4. The van der Waals surface area contributed by atoms with Crippen molar-refractivity contribution >= 4 is 5.91 Å². The Morgan fingerprint density at radius 2 is 1.72 bits per heavy atom. The van der Waals surface area contributed by atoms with Gasteiger partial charge < -0.3 is 10.4 Å². The average molecular weight is 257 g/mol. The number of aliphatic hydroxyl groups excluding tert-OH is 1. The van der Waals surface area contributed by atoms with Gasteiger partial charge in [0.1, 0.15) is 0 Å². The van der Waals surface area contributed by atoms with E-state index in [-0.39, 0.29) is 18.4 Å². The molecule has 0 aromatic carbocycles. The fourth-order valence-electron chi connectivity index (χ4n) is 2.31. The van der Waals surface area contributed by atoms with E-state index in [1.807, 2.05) is 0 Å². The van der Waals surface area contributed by atoms with Gasteiger partial charge in [0.25, 0.3) is 0 Å². The molecule has 2 N–H and O–H groups in total. The van der Waals surface area contributed by atoms with E-state index in [0.29, 0.717) is 6.67 Å². The van der Waals surface area contributed by atoms with Crippen LogP contribution in [0.3, 0.4) is 0 Å². The molecule has 1 heterocycles. The van der Waals surface area contributed by atoms with Crippen LogP contribution in [0.4, 0.5) is 0 Å². The molecule has 106 valence electrons. The molecular weight excluding hydrogens is 230 g/mol. The predicted octanol–water partition coefficient (Wildman–Crippen LogP) is 0.106. The van der Waals surface area contributed by atoms with E-state index in [1.54, 1.807) is 0 Å². The Kier molecular flexibility index (Phi) is 7.23. The second-order valence-corrected chi connectivity index (χ2v) is 4.90. The monoisotopic (exact) mass is 257 g/mol. The molecule has 0 atom stereocenters. The second kappa shape index (κ2) is 8.45. The van der Waals surface area contributed by atoms with E-state index < -0.39 is 0 Å². The van der Waals surface area contributed by atoms with E-state index in [1.165, 1.54) is 0 Å². The lowest BCUT2D eigenvalue weighted by atomic mass is 10.0. The molecule has 1 aliphatic heterocycles. The van der Waals surface area contributed by atoms with E-state index in [4.69, 9.17) is 5.11 Å². The minimum absolute atomic E-state index is 0.153. The van der Waals surface area contributed by atoms with E-state index in [0.717, 1.165) is 45.6 Å². The maximum atomic E-state index is 11.8. The average Bonchev–Trinajstić information content (AvgIpc) is 2.40. The molecule has 1 amide bonds. The normalized spacial score (nSPS) is 18.2. The van der Waals surface area contributed by atoms with Gasteiger partial charge in [0.05, 0.1) is 13.3 Å². The number of hydrogen-bond donors (Lipinski definition) is 2. The third-order valence-corrected chi connectivity index (χ3v) is 3.71. The highest BCUT2D eigenvalue weighted by atomic mass is 16.3. The van der Waals surface area contributed by atoms with Crippen LogP contribution in [0.15, 0.2) is 0 Å². The van der Waals surface area contributed by atoms with Crippen molar-refractivity contribution in [1.29, 1.82) is 0 Å². The molecule has 0 aliphatic carbocycles. The molecule has 0 aromatic rings. The van der Waals surface area contributed by atoms with Gasteiger partial charge in [0.2, 0.25) is 5.91 Å². The number of piperazine rings is 1. The fourth-order valence-corrected chi connectivity index (χ4v) is 2.31. The standard InChI is InChI=1S/C13H27N3O2/c1-3-12(4-2)13(18)14-11-16-7-5-15(6-8-16)9-10-17/h12,17H,3-11H2,1-2H3,(H,14,18). The van der Waals surface area contributed by atoms with Gasteiger partial charge in [0, 0.05) is 38.6 Å². The number of aliphatic hydroxyl groups is 1. The first-order valence-corrected chi connectivity index (χ1v) is 7.04. The van der Waals surface area contributed by atoms with Crippen LogP contribution < -0.4 is 5.32 Å². The zero-order valence-corrected chi connectivity index (χ0v) is 11.7. The maximum Gasteiger partial charge on any atom is 0.224 e. The maximum absolute atomic E-state index is 11.8. The quantitative estimate of drug-likeness (QED) is 0.679. The Labute approximate surface area is 110 Å². The Morgan fingerprint density at radius 3 is 2.22 bits per heavy atom. The molecule has 5 heteroatoms. The summed E-state index contributed by atoms with van der Waals surface area (Å²) in [6.07, 6.45) is 1.82. The topological polar surface area (TPSA) is 55.8 Å². The van der Waals surface area contributed by atoms with E-state index in [2.05, 4.69) is 29.0 Å². The van der Waals surface area contributed by atoms with Gasteiger partial charge >= 0.3 is 0 Å². The van der Waals surface area contributed by atoms with Crippen LogP contribution in [0.25, 0.3) is 0 Å². The number of amides is 1. The molecular formula is C13H27N3O2. The lowest BCUT2D eigenvalue weighted by molar-refractivity contribution is -0.126. The molecule has 18 heavy (non-hydrogen) atoms. The van der Waals surface area contributed by atoms with Crippen molar-refractivity contribution < 1.29 is 9.90 Å². The number of nitrogens with zero attached hydrogens (tertiary/aromatic N) is 2. The van der Waals surface area contributed by atoms with Crippen molar-refractivity contribution in [3.63, 3.8) is 0 Å². The number of carbonyl (C=O) groups is 1. The summed E-state index contributed by atoms with van der Waals surface area (Å²) in [5, 5.41) is 11.9. The number of carbonyl (C=O) groups excluding carboxylic acids is 1. The molecule has 0 aromatic heterocycles. The lowest BCUT2D eigenvalue weighted by Gasteiger charge is -2.34. The minimum Gasteiger partial charge on any atom is -0.395 e. The molecule has 0 saturated carbocycles. The van der Waals surface area contributed by atoms with Gasteiger partial charge in [-0.1, -0.05) is 13.8 Å². The largest absolute Gasteiger partial charge is 0.395 e. The Morgan fingerprint density at radius 1 is 1.17 bits per heavy atom. The first-order valence-electron chi connectivity index (χ1n) is 7.04. The van der Waals surface area contributed by atoms with Crippen LogP contribution >= 0.6 is 0 Å². The highest BCUT2D eigenvalue weighted by Gasteiger charge is 2.18. The van der Waals surface area contributed by atoms with Crippen LogP contribution in [-0.4, -0.2) is 66.8 Å². The number of nitrogens with one attached hydrogen (secondary N) is 1. The molecule has 1 aliphatic rings. The minimum atomic E-state index is 0.153. The van der Waals surface area contributed by atoms with Crippen LogP contribution in [0.5, 0.6) is 0 Å². The molecule has 1 saturated heterocycles. The van der Waals surface area contributed by atoms with Gasteiger partial charge in [-0.05, 0) is 12.8 Å². The summed E-state index contributed by atoms with van der Waals surface area (Å²) < 4.78 is 0. The summed E-state index contributed by atoms with van der Waals surface area (Å²) in [7, 11) is 0. The summed E-state index contributed by atoms with van der Waals surface area (Å²) in [6, 6.07) is 0. The first-order chi connectivity index (χ1) is 8.71. The molecule has 5 nitrogen and oxygen atoms in total. The number of β-amino-alcohol motifs (C(OH)–C–C–N with tert-alkyl or cyclic N) is 1. The highest BCUT2D eigenvalue weighted by molar-refractivity contribution is 5.78. The van der Waals surface area contributed by atoms with Gasteiger partial charge in [-0.15, -0.1) is 0 Å². The third-order valence-electron chi connectivity index (χ3n) is 3.71. The van der Waals surface area contributed by atoms with Crippen molar-refractivity contribution in [1.82, 2.24) is 15.1 Å². The van der Waals surface area contributed by atoms with Crippen LogP contribution in [-0.2, 0) is 4.79 Å². The first kappa shape index (κ1) is 15.4. The number of rotatable bonds is 7.